The van der Waals surface area contributed by atoms with E-state index in [9.17, 15) is 10.2 Å². The minimum Gasteiger partial charge on any atom is -0.396 e. The Balaban J connectivity index is 1.53. The highest BCUT2D eigenvalue weighted by molar-refractivity contribution is 5.52. The number of aliphatic hydroxyl groups is 2. The van der Waals surface area contributed by atoms with Crippen molar-refractivity contribution in [1.29, 1.82) is 0 Å². The normalized spacial score (nSPS) is 28.7. The average molecular weight is 368 g/mol. The molecule has 2 aromatic rings. The van der Waals surface area contributed by atoms with Gasteiger partial charge in [-0.05, 0) is 49.8 Å². The van der Waals surface area contributed by atoms with E-state index in [1.807, 2.05) is 18.2 Å². The third-order valence-corrected chi connectivity index (χ3v) is 6.15. The van der Waals surface area contributed by atoms with Crippen LogP contribution in [0, 0.1) is 11.8 Å². The topological polar surface area (TPSA) is 91.2 Å². The Morgan fingerprint density at radius 3 is 2.70 bits per heavy atom. The van der Waals surface area contributed by atoms with E-state index in [1.54, 1.807) is 18.6 Å². The molecule has 2 aliphatic rings. The molecule has 2 heterocycles. The average Bonchev–Trinajstić information content (AvgIpc) is 3.31. The molecule has 0 radical (unpaired) electrons. The van der Waals surface area contributed by atoms with E-state index in [-0.39, 0.29) is 24.5 Å². The lowest BCUT2D eigenvalue weighted by Gasteiger charge is -2.27. The van der Waals surface area contributed by atoms with Crippen molar-refractivity contribution in [3.63, 3.8) is 0 Å². The molecule has 4 rings (SSSR count). The van der Waals surface area contributed by atoms with Crippen molar-refractivity contribution in [2.75, 3.05) is 6.61 Å². The van der Waals surface area contributed by atoms with Gasteiger partial charge in [-0.3, -0.25) is 4.98 Å². The Labute approximate surface area is 160 Å². The molecule has 144 valence electrons. The van der Waals surface area contributed by atoms with Crippen LogP contribution >= 0.6 is 0 Å². The summed E-state index contributed by atoms with van der Waals surface area (Å²) in [4.78, 5) is 13.2. The van der Waals surface area contributed by atoms with Gasteiger partial charge in [-0.2, -0.15) is 0 Å². The Kier molecular flexibility index (Phi) is 5.76. The van der Waals surface area contributed by atoms with Crippen LogP contribution in [0.3, 0.4) is 0 Å². The van der Waals surface area contributed by atoms with Crippen LogP contribution in [0.2, 0.25) is 0 Å². The van der Waals surface area contributed by atoms with Crippen LogP contribution in [0.15, 0.2) is 36.8 Å². The summed E-state index contributed by atoms with van der Waals surface area (Å²) in [7, 11) is 0. The fourth-order valence-corrected chi connectivity index (χ4v) is 4.72. The van der Waals surface area contributed by atoms with Gasteiger partial charge in [0.15, 0.2) is 5.82 Å². The second-order valence-corrected chi connectivity index (χ2v) is 7.89. The Morgan fingerprint density at radius 1 is 1.11 bits per heavy atom. The molecule has 6 nitrogen and oxygen atoms in total. The van der Waals surface area contributed by atoms with Crippen LogP contribution < -0.4 is 5.32 Å². The summed E-state index contributed by atoms with van der Waals surface area (Å²) in [5, 5.41) is 24.1. The molecule has 27 heavy (non-hydrogen) atoms. The summed E-state index contributed by atoms with van der Waals surface area (Å²) in [6.07, 6.45) is 11.2. The van der Waals surface area contributed by atoms with Crippen molar-refractivity contribution in [2.24, 2.45) is 11.8 Å². The summed E-state index contributed by atoms with van der Waals surface area (Å²) in [5.41, 5.74) is 1.84. The van der Waals surface area contributed by atoms with Crippen LogP contribution in [0.1, 0.15) is 37.8 Å². The van der Waals surface area contributed by atoms with Gasteiger partial charge >= 0.3 is 0 Å². The van der Waals surface area contributed by atoms with Crippen LogP contribution in [0.25, 0.3) is 11.4 Å². The van der Waals surface area contributed by atoms with Gasteiger partial charge in [0.25, 0.3) is 0 Å². The molecule has 2 saturated carbocycles. The molecule has 3 N–H and O–H groups in total. The first kappa shape index (κ1) is 18.5. The van der Waals surface area contributed by atoms with Crippen molar-refractivity contribution in [1.82, 2.24) is 20.3 Å². The third-order valence-electron chi connectivity index (χ3n) is 6.15. The predicted octanol–water partition coefficient (Wildman–Crippen LogP) is 1.97. The van der Waals surface area contributed by atoms with E-state index in [4.69, 9.17) is 4.98 Å². The van der Waals surface area contributed by atoms with Gasteiger partial charge in [0.2, 0.25) is 0 Å². The van der Waals surface area contributed by atoms with E-state index < -0.39 is 6.10 Å². The minimum absolute atomic E-state index is 0.00915. The Bertz CT molecular complexity index is 736. The fourth-order valence-electron chi connectivity index (χ4n) is 4.72. The van der Waals surface area contributed by atoms with E-state index in [0.29, 0.717) is 18.3 Å². The molecule has 2 aromatic heterocycles. The number of nitrogens with one attached hydrogen (secondary N) is 1. The lowest BCUT2D eigenvalue weighted by molar-refractivity contribution is 0.0715. The molecule has 0 aliphatic heterocycles. The number of hydrogen-bond acceptors (Lipinski definition) is 6. The molecule has 4 unspecified atom stereocenters. The molecule has 6 heteroatoms. The van der Waals surface area contributed by atoms with Crippen LogP contribution in [0.4, 0.5) is 0 Å². The van der Waals surface area contributed by atoms with Crippen molar-refractivity contribution in [2.45, 2.75) is 56.7 Å². The summed E-state index contributed by atoms with van der Waals surface area (Å²) in [6.45, 7) is 0.00915. The zero-order valence-corrected chi connectivity index (χ0v) is 15.5. The molecular weight excluding hydrogens is 340 g/mol. The minimum atomic E-state index is -0.460. The third kappa shape index (κ3) is 4.18. The van der Waals surface area contributed by atoms with E-state index in [1.165, 1.54) is 25.7 Å². The summed E-state index contributed by atoms with van der Waals surface area (Å²) in [5.74, 6) is 0.725. The monoisotopic (exact) mass is 368 g/mol. The zero-order chi connectivity index (χ0) is 18.6. The fraction of sp³-hybridized carbons (Fsp3) is 0.571. The maximum Gasteiger partial charge on any atom is 0.160 e. The number of nitrogens with zero attached hydrogens (tertiary/aromatic N) is 3. The zero-order valence-electron chi connectivity index (χ0n) is 15.5. The van der Waals surface area contributed by atoms with Gasteiger partial charge in [-0.15, -0.1) is 0 Å². The van der Waals surface area contributed by atoms with Gasteiger partial charge < -0.3 is 15.5 Å². The lowest BCUT2D eigenvalue weighted by atomic mass is 9.88. The highest BCUT2D eigenvalue weighted by Crippen LogP contribution is 2.36. The van der Waals surface area contributed by atoms with E-state index in [2.05, 4.69) is 15.3 Å². The number of pyridine rings is 1. The van der Waals surface area contributed by atoms with Crippen molar-refractivity contribution < 1.29 is 10.2 Å². The molecule has 0 saturated heterocycles. The summed E-state index contributed by atoms with van der Waals surface area (Å²) >= 11 is 0. The highest BCUT2D eigenvalue weighted by atomic mass is 16.3. The Hall–Kier alpha value is -1.89. The van der Waals surface area contributed by atoms with Crippen molar-refractivity contribution in [3.8, 4) is 11.4 Å². The number of aromatic nitrogens is 3. The van der Waals surface area contributed by atoms with Crippen LogP contribution in [-0.2, 0) is 6.42 Å². The smallest absolute Gasteiger partial charge is 0.160 e. The molecule has 4 atom stereocenters. The molecule has 2 fully saturated rings. The second kappa shape index (κ2) is 8.42. The van der Waals surface area contributed by atoms with Gasteiger partial charge in [0.05, 0.1) is 6.10 Å². The van der Waals surface area contributed by atoms with Crippen molar-refractivity contribution >= 4 is 0 Å². The standard InChI is InChI=1S/C21H28N4O2/c26-13-18-17(19(11-20(18)27)24-15-5-1-2-6-15)10-16-7-9-23-21(25-16)14-4-3-8-22-12-14/h3-4,7-9,12,15,17-20,24,26-27H,1-2,5-6,10-11,13H2. The first-order valence-corrected chi connectivity index (χ1v) is 10.0. The molecule has 2 aliphatic carbocycles. The number of rotatable bonds is 6. The van der Waals surface area contributed by atoms with Gasteiger partial charge in [-0.25, -0.2) is 9.97 Å². The summed E-state index contributed by atoms with van der Waals surface area (Å²) in [6, 6.07) is 6.52. The molecule has 0 aromatic carbocycles. The number of hydrogen-bond donors (Lipinski definition) is 3. The highest BCUT2D eigenvalue weighted by Gasteiger charge is 2.43. The lowest BCUT2D eigenvalue weighted by Crippen LogP contribution is -2.41. The largest absolute Gasteiger partial charge is 0.396 e. The number of aliphatic hydroxyl groups excluding tert-OH is 2. The molecule has 0 amide bonds. The van der Waals surface area contributed by atoms with Gasteiger partial charge in [-0.1, -0.05) is 12.8 Å². The maximum atomic E-state index is 10.5. The molecule has 0 bridgehead atoms. The van der Waals surface area contributed by atoms with Gasteiger partial charge in [0.1, 0.15) is 0 Å². The van der Waals surface area contributed by atoms with E-state index >= 15 is 0 Å². The maximum absolute atomic E-state index is 10.5. The van der Waals surface area contributed by atoms with Crippen LogP contribution in [-0.4, -0.2) is 50.0 Å². The van der Waals surface area contributed by atoms with E-state index in [0.717, 1.165) is 17.7 Å². The predicted molar refractivity (Wildman–Crippen MR) is 103 cm³/mol. The molecule has 0 spiro atoms. The van der Waals surface area contributed by atoms with Crippen LogP contribution in [0.5, 0.6) is 0 Å². The quantitative estimate of drug-likeness (QED) is 0.722. The Morgan fingerprint density at radius 2 is 1.96 bits per heavy atom. The van der Waals surface area contributed by atoms with Gasteiger partial charge in [0, 0.05) is 54.5 Å². The van der Waals surface area contributed by atoms with Crippen molar-refractivity contribution in [3.05, 3.63) is 42.5 Å². The first-order chi connectivity index (χ1) is 13.2. The molecular formula is C21H28N4O2. The second-order valence-electron chi connectivity index (χ2n) is 7.89. The SMILES string of the molecule is OCC1C(O)CC(NC2CCCC2)C1Cc1ccnc(-c2cccnc2)n1. The first-order valence-electron chi connectivity index (χ1n) is 10.0. The summed E-state index contributed by atoms with van der Waals surface area (Å²) < 4.78 is 0.